The van der Waals surface area contributed by atoms with Gasteiger partial charge in [0, 0.05) is 30.7 Å². The molecule has 0 spiro atoms. The number of nitrogens with two attached hydrogens (primary N) is 1. The summed E-state index contributed by atoms with van der Waals surface area (Å²) in [5, 5.41) is 2.94. The molecular weight excluding hydrogens is 619 g/mol. The molecule has 1 saturated carbocycles. The molecule has 6 rings (SSSR count). The zero-order valence-electron chi connectivity index (χ0n) is 25.5. The number of carbonyl (C=O) groups excluding carboxylic acids is 2. The van der Waals surface area contributed by atoms with Crippen LogP contribution in [0, 0.1) is 35.7 Å². The lowest BCUT2D eigenvalue weighted by molar-refractivity contribution is -0.148. The van der Waals surface area contributed by atoms with Crippen molar-refractivity contribution in [2.45, 2.75) is 81.4 Å². The SMILES string of the molecule is Cc1ccc(S(=O)(=O)O)cc1.N[C@H](Cc1cc(F)c(F)cc1F)C1CC2CCC(C1)N2C(=O)C1(C(=O)NCc2ccccc2)CC1. The van der Waals surface area contributed by atoms with Crippen molar-refractivity contribution in [1.29, 1.82) is 0 Å². The monoisotopic (exact) mass is 657 g/mol. The summed E-state index contributed by atoms with van der Waals surface area (Å²) in [6, 6.07) is 16.6. The van der Waals surface area contributed by atoms with Gasteiger partial charge in [0.05, 0.1) is 4.90 Å². The first-order valence-electron chi connectivity index (χ1n) is 15.4. The molecule has 3 atom stereocenters. The van der Waals surface area contributed by atoms with E-state index in [1.54, 1.807) is 12.1 Å². The molecule has 3 aliphatic rings. The Labute approximate surface area is 266 Å². The number of hydrogen-bond donors (Lipinski definition) is 3. The highest BCUT2D eigenvalue weighted by molar-refractivity contribution is 7.85. The number of nitrogens with zero attached hydrogens (tertiary/aromatic N) is 1. The molecule has 2 unspecified atom stereocenters. The number of fused-ring (bicyclic) bond motifs is 2. The first-order valence-corrected chi connectivity index (χ1v) is 16.8. The minimum Gasteiger partial charge on any atom is -0.351 e. The fourth-order valence-corrected chi connectivity index (χ4v) is 7.09. The highest BCUT2D eigenvalue weighted by Gasteiger charge is 2.61. The number of aryl methyl sites for hydroxylation is 1. The smallest absolute Gasteiger partial charge is 0.294 e. The van der Waals surface area contributed by atoms with Gasteiger partial charge in [-0.3, -0.25) is 14.1 Å². The summed E-state index contributed by atoms with van der Waals surface area (Å²) in [6.07, 6.45) is 4.24. The van der Waals surface area contributed by atoms with Gasteiger partial charge in [-0.05, 0) is 87.1 Å². The average molecular weight is 658 g/mol. The minimum atomic E-state index is -4.02. The Morgan fingerprint density at radius 2 is 1.54 bits per heavy atom. The third-order valence-electron chi connectivity index (χ3n) is 9.36. The number of hydrogen-bond acceptors (Lipinski definition) is 5. The van der Waals surface area contributed by atoms with Gasteiger partial charge in [-0.1, -0.05) is 48.0 Å². The maximum absolute atomic E-state index is 14.1. The molecule has 2 saturated heterocycles. The van der Waals surface area contributed by atoms with Crippen LogP contribution in [0.4, 0.5) is 13.2 Å². The molecular formula is C34H38F3N3O5S. The first kappa shape index (κ1) is 33.6. The second-order valence-corrected chi connectivity index (χ2v) is 14.0. The van der Waals surface area contributed by atoms with Crippen LogP contribution < -0.4 is 11.1 Å². The summed E-state index contributed by atoms with van der Waals surface area (Å²) in [6.45, 7) is 2.23. The minimum absolute atomic E-state index is 0.00787. The number of amides is 2. The Kier molecular flexibility index (Phi) is 9.90. The molecule has 46 heavy (non-hydrogen) atoms. The molecule has 2 amide bonds. The zero-order chi connectivity index (χ0) is 33.2. The first-order chi connectivity index (χ1) is 21.8. The molecule has 12 heteroatoms. The van der Waals surface area contributed by atoms with Crippen molar-refractivity contribution in [2.24, 2.45) is 17.1 Å². The Bertz CT molecular complexity index is 1670. The Morgan fingerprint density at radius 3 is 2.11 bits per heavy atom. The summed E-state index contributed by atoms with van der Waals surface area (Å²) < 4.78 is 70.5. The highest BCUT2D eigenvalue weighted by atomic mass is 32.2. The van der Waals surface area contributed by atoms with Gasteiger partial charge in [-0.2, -0.15) is 8.42 Å². The zero-order valence-corrected chi connectivity index (χ0v) is 26.3. The normalized spacial score (nSPS) is 22.0. The average Bonchev–Trinajstić information content (AvgIpc) is 3.79. The summed E-state index contributed by atoms with van der Waals surface area (Å²) in [5.74, 6) is -3.37. The molecule has 2 heterocycles. The van der Waals surface area contributed by atoms with E-state index >= 15 is 0 Å². The van der Waals surface area contributed by atoms with Crippen molar-refractivity contribution < 1.29 is 35.7 Å². The molecule has 0 aromatic heterocycles. The van der Waals surface area contributed by atoms with Gasteiger partial charge in [0.1, 0.15) is 11.2 Å². The third-order valence-corrected chi connectivity index (χ3v) is 10.2. The van der Waals surface area contributed by atoms with Gasteiger partial charge in [-0.15, -0.1) is 0 Å². The highest BCUT2D eigenvalue weighted by Crippen LogP contribution is 2.51. The van der Waals surface area contributed by atoms with Crippen LogP contribution in [0.3, 0.4) is 0 Å². The quantitative estimate of drug-likeness (QED) is 0.176. The van der Waals surface area contributed by atoms with Gasteiger partial charge in [0.25, 0.3) is 10.1 Å². The standard InChI is InChI=1S/C27H30F3N3O2.C7H8O3S/c28-21-14-23(30)22(29)12-17(21)13-24(31)18-10-19-6-7-20(11-18)33(19)26(35)27(8-9-27)25(34)32-15-16-4-2-1-3-5-16;1-6-2-4-7(5-3-6)11(8,9)10/h1-5,12,14,18-20,24H,6-11,13,15,31H2,(H,32,34);2-5H,1H3,(H,8,9,10)/t18?,19?,20?,24-;/m1./s1. The van der Waals surface area contributed by atoms with Gasteiger partial charge < -0.3 is 16.0 Å². The number of halogens is 3. The van der Waals surface area contributed by atoms with Crippen LogP contribution in [0.1, 0.15) is 55.2 Å². The second-order valence-electron chi connectivity index (χ2n) is 12.6. The van der Waals surface area contributed by atoms with Crippen LogP contribution in [0.15, 0.2) is 71.6 Å². The fraction of sp³-hybridized carbons (Fsp3) is 0.412. The molecule has 3 fully saturated rings. The number of piperidine rings is 1. The second kappa shape index (κ2) is 13.5. The van der Waals surface area contributed by atoms with E-state index < -0.39 is 39.0 Å². The largest absolute Gasteiger partial charge is 0.351 e. The Balaban J connectivity index is 0.000000322. The number of rotatable bonds is 8. The predicted octanol–water partition coefficient (Wildman–Crippen LogP) is 5.08. The van der Waals surface area contributed by atoms with E-state index in [-0.39, 0.29) is 46.7 Å². The van der Waals surface area contributed by atoms with E-state index in [0.717, 1.165) is 30.0 Å². The number of carbonyl (C=O) groups is 2. The van der Waals surface area contributed by atoms with Crippen LogP contribution in [0.5, 0.6) is 0 Å². The van der Waals surface area contributed by atoms with Crippen LogP contribution in [0.2, 0.25) is 0 Å². The molecule has 4 N–H and O–H groups in total. The van der Waals surface area contributed by atoms with Crippen molar-refractivity contribution >= 4 is 21.9 Å². The predicted molar refractivity (Wildman–Crippen MR) is 165 cm³/mol. The lowest BCUT2D eigenvalue weighted by atomic mass is 9.82. The van der Waals surface area contributed by atoms with Crippen molar-refractivity contribution in [3.05, 3.63) is 101 Å². The van der Waals surface area contributed by atoms with Crippen molar-refractivity contribution in [3.63, 3.8) is 0 Å². The molecule has 8 nitrogen and oxygen atoms in total. The Hall–Kier alpha value is -3.74. The number of nitrogens with one attached hydrogen (secondary N) is 1. The van der Waals surface area contributed by atoms with E-state index in [2.05, 4.69) is 5.32 Å². The van der Waals surface area contributed by atoms with Crippen LogP contribution in [-0.4, -0.2) is 47.8 Å². The fourth-order valence-electron chi connectivity index (χ4n) is 6.61. The lowest BCUT2D eigenvalue weighted by Crippen LogP contribution is -2.54. The summed E-state index contributed by atoms with van der Waals surface area (Å²) in [4.78, 5) is 28.4. The van der Waals surface area contributed by atoms with E-state index in [4.69, 9.17) is 10.3 Å². The molecule has 3 aromatic carbocycles. The van der Waals surface area contributed by atoms with Crippen LogP contribution in [0.25, 0.3) is 0 Å². The number of benzene rings is 3. The van der Waals surface area contributed by atoms with E-state index in [1.165, 1.54) is 12.1 Å². The summed E-state index contributed by atoms with van der Waals surface area (Å²) >= 11 is 0. The molecule has 1 aliphatic carbocycles. The lowest BCUT2D eigenvalue weighted by Gasteiger charge is -2.42. The summed E-state index contributed by atoms with van der Waals surface area (Å²) in [7, 11) is -4.02. The molecule has 246 valence electrons. The Morgan fingerprint density at radius 1 is 0.957 bits per heavy atom. The summed E-state index contributed by atoms with van der Waals surface area (Å²) in [5.41, 5.74) is 7.43. The maximum atomic E-state index is 14.1. The molecule has 0 radical (unpaired) electrons. The molecule has 2 aliphatic heterocycles. The topological polar surface area (TPSA) is 130 Å². The van der Waals surface area contributed by atoms with Gasteiger partial charge >= 0.3 is 0 Å². The van der Waals surface area contributed by atoms with E-state index in [0.29, 0.717) is 38.3 Å². The van der Waals surface area contributed by atoms with E-state index in [1.807, 2.05) is 42.2 Å². The van der Waals surface area contributed by atoms with Gasteiger partial charge in [-0.25, -0.2) is 13.2 Å². The van der Waals surface area contributed by atoms with Crippen molar-refractivity contribution in [3.8, 4) is 0 Å². The van der Waals surface area contributed by atoms with Crippen molar-refractivity contribution in [2.75, 3.05) is 0 Å². The maximum Gasteiger partial charge on any atom is 0.294 e. The third kappa shape index (κ3) is 7.45. The van der Waals surface area contributed by atoms with Crippen molar-refractivity contribution in [1.82, 2.24) is 10.2 Å². The van der Waals surface area contributed by atoms with E-state index in [9.17, 15) is 31.2 Å². The van der Waals surface area contributed by atoms with Gasteiger partial charge in [0.15, 0.2) is 11.6 Å². The van der Waals surface area contributed by atoms with Gasteiger partial charge in [0.2, 0.25) is 11.8 Å². The molecule has 3 aromatic rings. The molecule has 2 bridgehead atoms. The van der Waals surface area contributed by atoms with Crippen LogP contribution in [-0.2, 0) is 32.7 Å². The van der Waals surface area contributed by atoms with Crippen LogP contribution >= 0.6 is 0 Å².